The van der Waals surface area contributed by atoms with Gasteiger partial charge in [0.25, 0.3) is 5.56 Å². The van der Waals surface area contributed by atoms with Crippen LogP contribution >= 0.6 is 0 Å². The molecule has 0 fully saturated rings. The average Bonchev–Trinajstić information content (AvgIpc) is 2.40. The lowest BCUT2D eigenvalue weighted by atomic mass is 10.1. The van der Waals surface area contributed by atoms with E-state index < -0.39 is 9.84 Å². The Morgan fingerprint density at radius 2 is 2.09 bits per heavy atom. The Hall–Kier alpha value is -1.93. The minimum absolute atomic E-state index is 0.212. The molecule has 7 nitrogen and oxygen atoms in total. The van der Waals surface area contributed by atoms with E-state index in [0.29, 0.717) is 25.1 Å². The van der Waals surface area contributed by atoms with Crippen LogP contribution in [0.15, 0.2) is 28.5 Å². The SMILES string of the molecule is C=C(Nc1c(C(C)=N)ccc(=O)n1CCCOC)S(C)(=O)=O. The van der Waals surface area contributed by atoms with Crippen LogP contribution in [-0.2, 0) is 21.1 Å². The van der Waals surface area contributed by atoms with Crippen LogP contribution in [0.5, 0.6) is 0 Å². The highest BCUT2D eigenvalue weighted by molar-refractivity contribution is 7.94. The smallest absolute Gasteiger partial charge is 0.252 e. The number of rotatable bonds is 8. The van der Waals surface area contributed by atoms with E-state index in [2.05, 4.69) is 11.9 Å². The van der Waals surface area contributed by atoms with E-state index >= 15 is 0 Å². The number of nitrogens with one attached hydrogen (secondary N) is 2. The minimum Gasteiger partial charge on any atom is -0.385 e. The number of pyridine rings is 1. The number of nitrogens with zero attached hydrogens (tertiary/aromatic N) is 1. The summed E-state index contributed by atoms with van der Waals surface area (Å²) in [6.45, 7) is 5.85. The molecule has 0 aliphatic carbocycles. The summed E-state index contributed by atoms with van der Waals surface area (Å²) < 4.78 is 29.5. The topological polar surface area (TPSA) is 101 Å². The molecule has 0 unspecified atom stereocenters. The molecule has 2 N–H and O–H groups in total. The standard InChI is InChI=1S/C14H21N3O4S/c1-10(15)12-6-7-13(18)17(8-5-9-21-3)14(12)16-11(2)22(4,19)20/h6-7,15-16H,2,5,8-9H2,1,3-4H3. The molecule has 122 valence electrons. The second kappa shape index (κ2) is 7.37. The molecule has 0 aliphatic rings. The Bertz CT molecular complexity index is 735. The summed E-state index contributed by atoms with van der Waals surface area (Å²) in [5.74, 6) is 0.256. The van der Waals surface area contributed by atoms with E-state index in [-0.39, 0.29) is 22.1 Å². The highest BCUT2D eigenvalue weighted by atomic mass is 32.2. The van der Waals surface area contributed by atoms with Crippen molar-refractivity contribution in [3.63, 3.8) is 0 Å². The van der Waals surface area contributed by atoms with Gasteiger partial charge >= 0.3 is 0 Å². The highest BCUT2D eigenvalue weighted by Crippen LogP contribution is 2.18. The third-order valence-electron chi connectivity index (χ3n) is 3.02. The van der Waals surface area contributed by atoms with Gasteiger partial charge in [0.15, 0.2) is 9.84 Å². The average molecular weight is 327 g/mol. The number of hydrogen-bond acceptors (Lipinski definition) is 6. The fraction of sp³-hybridized carbons (Fsp3) is 0.429. The first-order chi connectivity index (χ1) is 10.2. The van der Waals surface area contributed by atoms with Crippen molar-refractivity contribution in [3.8, 4) is 0 Å². The van der Waals surface area contributed by atoms with Gasteiger partial charge in [-0.05, 0) is 19.4 Å². The monoisotopic (exact) mass is 327 g/mol. The van der Waals surface area contributed by atoms with Gasteiger partial charge in [0.2, 0.25) is 0 Å². The van der Waals surface area contributed by atoms with Gasteiger partial charge < -0.3 is 15.5 Å². The van der Waals surface area contributed by atoms with Crippen molar-refractivity contribution < 1.29 is 13.2 Å². The molecular weight excluding hydrogens is 306 g/mol. The van der Waals surface area contributed by atoms with Gasteiger partial charge in [0.1, 0.15) is 10.8 Å². The minimum atomic E-state index is -3.51. The molecule has 0 atom stereocenters. The van der Waals surface area contributed by atoms with Gasteiger partial charge in [-0.15, -0.1) is 0 Å². The van der Waals surface area contributed by atoms with Crippen molar-refractivity contribution in [1.82, 2.24) is 4.57 Å². The van der Waals surface area contributed by atoms with Crippen LogP contribution in [0.25, 0.3) is 0 Å². The highest BCUT2D eigenvalue weighted by Gasteiger charge is 2.16. The lowest BCUT2D eigenvalue weighted by molar-refractivity contribution is 0.190. The predicted molar refractivity (Wildman–Crippen MR) is 87.3 cm³/mol. The van der Waals surface area contributed by atoms with Crippen LogP contribution in [0.4, 0.5) is 5.82 Å². The Morgan fingerprint density at radius 3 is 2.59 bits per heavy atom. The number of sulfone groups is 1. The summed E-state index contributed by atoms with van der Waals surface area (Å²) in [4.78, 5) is 12.1. The summed E-state index contributed by atoms with van der Waals surface area (Å²) >= 11 is 0. The van der Waals surface area contributed by atoms with Gasteiger partial charge in [-0.2, -0.15) is 0 Å². The molecule has 1 rings (SSSR count). The zero-order valence-corrected chi connectivity index (χ0v) is 13.8. The molecule has 0 aromatic carbocycles. The van der Waals surface area contributed by atoms with Crippen molar-refractivity contribution in [1.29, 1.82) is 5.41 Å². The van der Waals surface area contributed by atoms with E-state index in [1.54, 1.807) is 14.0 Å². The van der Waals surface area contributed by atoms with Crippen LogP contribution in [-0.4, -0.2) is 38.7 Å². The molecule has 1 heterocycles. The van der Waals surface area contributed by atoms with E-state index in [9.17, 15) is 13.2 Å². The summed E-state index contributed by atoms with van der Waals surface area (Å²) in [6, 6.07) is 2.85. The molecule has 22 heavy (non-hydrogen) atoms. The molecule has 0 spiro atoms. The lowest BCUT2D eigenvalue weighted by Crippen LogP contribution is -2.26. The molecule has 1 aromatic rings. The van der Waals surface area contributed by atoms with E-state index in [1.165, 1.54) is 16.7 Å². The molecule has 8 heteroatoms. The zero-order chi connectivity index (χ0) is 16.9. The number of anilines is 1. The maximum atomic E-state index is 12.1. The van der Waals surface area contributed by atoms with Crippen molar-refractivity contribution in [3.05, 3.63) is 39.7 Å². The van der Waals surface area contributed by atoms with Gasteiger partial charge in [0.05, 0.1) is 0 Å². The van der Waals surface area contributed by atoms with Crippen molar-refractivity contribution in [2.24, 2.45) is 0 Å². The number of hydrogen-bond donors (Lipinski definition) is 2. The zero-order valence-electron chi connectivity index (χ0n) is 13.0. The van der Waals surface area contributed by atoms with Gasteiger partial charge in [-0.3, -0.25) is 9.36 Å². The number of aromatic nitrogens is 1. The summed E-state index contributed by atoms with van der Waals surface area (Å²) in [5.41, 5.74) is 0.371. The van der Waals surface area contributed by atoms with Crippen molar-refractivity contribution in [2.75, 3.05) is 25.3 Å². The maximum absolute atomic E-state index is 12.1. The lowest BCUT2D eigenvalue weighted by Gasteiger charge is -2.18. The first-order valence-corrected chi connectivity index (χ1v) is 8.52. The first kappa shape index (κ1) is 18.1. The third kappa shape index (κ3) is 4.54. The van der Waals surface area contributed by atoms with Gasteiger partial charge in [-0.1, -0.05) is 6.58 Å². The quantitative estimate of drug-likeness (QED) is 0.552. The molecule has 0 amide bonds. The Balaban J connectivity index is 3.35. The second-order valence-electron chi connectivity index (χ2n) is 4.88. The first-order valence-electron chi connectivity index (χ1n) is 6.62. The third-order valence-corrected chi connectivity index (χ3v) is 4.02. The summed E-state index contributed by atoms with van der Waals surface area (Å²) in [6.07, 6.45) is 1.60. The van der Waals surface area contributed by atoms with E-state index in [1.807, 2.05) is 0 Å². The fourth-order valence-corrected chi connectivity index (χ4v) is 2.11. The van der Waals surface area contributed by atoms with Crippen LogP contribution in [0.2, 0.25) is 0 Å². The second-order valence-corrected chi connectivity index (χ2v) is 6.91. The maximum Gasteiger partial charge on any atom is 0.252 e. The van der Waals surface area contributed by atoms with Crippen LogP contribution < -0.4 is 10.9 Å². The molecule has 0 saturated carbocycles. The molecule has 0 bridgehead atoms. The summed E-state index contributed by atoms with van der Waals surface area (Å²) in [5, 5.41) is 10.2. The van der Waals surface area contributed by atoms with Crippen LogP contribution in [0, 0.1) is 5.41 Å². The van der Waals surface area contributed by atoms with Crippen molar-refractivity contribution in [2.45, 2.75) is 19.9 Å². The fourth-order valence-electron chi connectivity index (χ4n) is 1.83. The van der Waals surface area contributed by atoms with Crippen LogP contribution in [0.3, 0.4) is 0 Å². The molecule has 0 radical (unpaired) electrons. The number of methoxy groups -OCH3 is 1. The largest absolute Gasteiger partial charge is 0.385 e. The predicted octanol–water partition coefficient (Wildman–Crippen LogP) is 1.20. The molecule has 1 aromatic heterocycles. The van der Waals surface area contributed by atoms with Crippen molar-refractivity contribution >= 4 is 21.4 Å². The normalized spacial score (nSPS) is 11.2. The van der Waals surface area contributed by atoms with Crippen LogP contribution in [0.1, 0.15) is 18.9 Å². The van der Waals surface area contributed by atoms with E-state index in [4.69, 9.17) is 10.1 Å². The summed E-state index contributed by atoms with van der Waals surface area (Å²) in [7, 11) is -1.95. The Kier molecular flexibility index (Phi) is 6.07. The number of ether oxygens (including phenoxy) is 1. The Morgan fingerprint density at radius 1 is 1.45 bits per heavy atom. The van der Waals surface area contributed by atoms with Gasteiger partial charge in [-0.25, -0.2) is 8.42 Å². The molecular formula is C14H21N3O4S. The molecule has 0 aliphatic heterocycles. The Labute approximate surface area is 130 Å². The molecule has 0 saturated heterocycles. The van der Waals surface area contributed by atoms with E-state index in [0.717, 1.165) is 6.26 Å². The van der Waals surface area contributed by atoms with Gasteiger partial charge in [0, 0.05) is 43.9 Å².